The van der Waals surface area contributed by atoms with Crippen molar-refractivity contribution < 1.29 is 22.7 Å². The molecule has 0 unspecified atom stereocenters. The zero-order valence-corrected chi connectivity index (χ0v) is 23.3. The van der Waals surface area contributed by atoms with E-state index in [1.54, 1.807) is 25.1 Å². The molecule has 1 atom stereocenters. The zero-order valence-electron chi connectivity index (χ0n) is 19.4. The first-order chi connectivity index (χ1) is 16.9. The molecule has 8 nitrogen and oxygen atoms in total. The summed E-state index contributed by atoms with van der Waals surface area (Å²) in [4.78, 5) is 30.7. The molecule has 0 fully saturated rings. The fourth-order valence-corrected chi connectivity index (χ4v) is 6.48. The molecular weight excluding hydrogens is 593 g/mol. The number of aromatic nitrogens is 2. The second-order valence-electron chi connectivity index (χ2n) is 8.59. The summed E-state index contributed by atoms with van der Waals surface area (Å²) in [5.74, 6) is -0.988. The van der Waals surface area contributed by atoms with Crippen molar-refractivity contribution >= 4 is 72.5 Å². The highest BCUT2D eigenvalue weighted by atomic mass is 79.9. The predicted molar refractivity (Wildman–Crippen MR) is 141 cm³/mol. The highest BCUT2D eigenvalue weighted by molar-refractivity contribution is 9.10. The van der Waals surface area contributed by atoms with Crippen molar-refractivity contribution in [3.05, 3.63) is 68.7 Å². The maximum atomic E-state index is 14.0. The summed E-state index contributed by atoms with van der Waals surface area (Å²) in [6.45, 7) is 2.92. The number of carbonyl (C=O) groups is 2. The smallest absolute Gasteiger partial charge is 0.302 e. The van der Waals surface area contributed by atoms with Crippen molar-refractivity contribution in [3.8, 4) is 0 Å². The number of ether oxygens (including phenoxy) is 1. The summed E-state index contributed by atoms with van der Waals surface area (Å²) in [5.41, 5.74) is -0.104. The first-order valence-electron chi connectivity index (χ1n) is 10.9. The number of hydrogen-bond donors (Lipinski definition) is 0. The van der Waals surface area contributed by atoms with Gasteiger partial charge in [-0.05, 0) is 49.2 Å². The Morgan fingerprint density at radius 1 is 1.14 bits per heavy atom. The highest BCUT2D eigenvalue weighted by Crippen LogP contribution is 2.44. The average molecular weight is 615 g/mol. The Balaban J connectivity index is 1.81. The van der Waals surface area contributed by atoms with Gasteiger partial charge in [-0.25, -0.2) is 18.3 Å². The van der Waals surface area contributed by atoms with Crippen molar-refractivity contribution in [2.24, 2.45) is 0 Å². The minimum atomic E-state index is -3.88. The molecule has 1 aromatic heterocycles. The van der Waals surface area contributed by atoms with Crippen LogP contribution < -0.4 is 4.90 Å². The molecule has 0 radical (unpaired) electrons. The molecule has 0 aliphatic carbocycles. The first-order valence-corrected chi connectivity index (χ1v) is 14.1. The molecule has 3 aromatic rings. The van der Waals surface area contributed by atoms with Gasteiger partial charge in [0.15, 0.2) is 14.9 Å². The lowest BCUT2D eigenvalue weighted by molar-refractivity contribution is -0.140. The Labute approximate surface area is 227 Å². The van der Waals surface area contributed by atoms with E-state index in [-0.39, 0.29) is 42.1 Å². The third-order valence-electron chi connectivity index (χ3n) is 5.82. The number of fused-ring (bicyclic) bond motifs is 1. The van der Waals surface area contributed by atoms with Crippen molar-refractivity contribution in [3.63, 3.8) is 0 Å². The lowest BCUT2D eigenvalue weighted by atomic mass is 9.92. The van der Waals surface area contributed by atoms with Crippen LogP contribution in [0, 0.1) is 0 Å². The van der Waals surface area contributed by atoms with Gasteiger partial charge in [-0.15, -0.1) is 0 Å². The van der Waals surface area contributed by atoms with Crippen molar-refractivity contribution in [2.75, 3.05) is 17.3 Å². The molecule has 12 heteroatoms. The molecule has 190 valence electrons. The van der Waals surface area contributed by atoms with Crippen LogP contribution in [0.2, 0.25) is 10.0 Å². The number of amides is 1. The fourth-order valence-electron chi connectivity index (χ4n) is 4.22. The lowest BCUT2D eigenvalue weighted by Gasteiger charge is -2.26. The van der Waals surface area contributed by atoms with Crippen LogP contribution in [0.4, 0.5) is 11.6 Å². The second-order valence-corrected chi connectivity index (χ2v) is 12.4. The standard InChI is InChI=1S/C24H22BrCl2N3O5S/c1-15(31)35-8-3-9-36(33,34)21-14-28-23-29(20-11-18(26)10-19(27)12-20)22(32)24(2,30(21)23)13-16-4-6-17(25)7-5-16/h4-7,10-12,14H,3,8-9,13H2,1-2H3/t24-/m1/s1. The van der Waals surface area contributed by atoms with Crippen LogP contribution in [0.5, 0.6) is 0 Å². The summed E-state index contributed by atoms with van der Waals surface area (Å²) in [5, 5.41) is 0.551. The van der Waals surface area contributed by atoms with Crippen LogP contribution in [0.3, 0.4) is 0 Å². The lowest BCUT2D eigenvalue weighted by Crippen LogP contribution is -2.42. The Morgan fingerprint density at radius 2 is 1.78 bits per heavy atom. The third kappa shape index (κ3) is 5.18. The predicted octanol–water partition coefficient (Wildman–Crippen LogP) is 5.32. The van der Waals surface area contributed by atoms with E-state index in [2.05, 4.69) is 20.9 Å². The van der Waals surface area contributed by atoms with Gasteiger partial charge in [0.05, 0.1) is 24.2 Å². The van der Waals surface area contributed by atoms with E-state index in [9.17, 15) is 18.0 Å². The number of anilines is 2. The van der Waals surface area contributed by atoms with Gasteiger partial charge in [-0.2, -0.15) is 0 Å². The number of sulfone groups is 1. The number of carbonyl (C=O) groups excluding carboxylic acids is 2. The van der Waals surface area contributed by atoms with Crippen molar-refractivity contribution in [1.29, 1.82) is 0 Å². The molecule has 0 bridgehead atoms. The zero-order chi connectivity index (χ0) is 26.3. The maximum absolute atomic E-state index is 14.0. The molecule has 1 aliphatic rings. The molecule has 1 amide bonds. The maximum Gasteiger partial charge on any atom is 0.302 e. The summed E-state index contributed by atoms with van der Waals surface area (Å²) in [6.07, 6.45) is 1.57. The van der Waals surface area contributed by atoms with Crippen LogP contribution >= 0.6 is 39.1 Å². The van der Waals surface area contributed by atoms with Gasteiger partial charge in [-0.3, -0.25) is 14.2 Å². The van der Waals surface area contributed by atoms with E-state index in [1.807, 2.05) is 24.3 Å². The summed E-state index contributed by atoms with van der Waals surface area (Å²) in [6, 6.07) is 12.1. The van der Waals surface area contributed by atoms with E-state index < -0.39 is 21.3 Å². The first kappa shape index (κ1) is 26.7. The van der Waals surface area contributed by atoms with E-state index >= 15 is 0 Å². The molecule has 2 aromatic carbocycles. The normalized spacial score (nSPS) is 17.4. The van der Waals surface area contributed by atoms with Crippen molar-refractivity contribution in [1.82, 2.24) is 9.55 Å². The molecule has 1 aliphatic heterocycles. The van der Waals surface area contributed by atoms with Gasteiger partial charge in [-0.1, -0.05) is 51.3 Å². The van der Waals surface area contributed by atoms with Gasteiger partial charge in [0.2, 0.25) is 5.95 Å². The Bertz CT molecular complexity index is 1420. The SMILES string of the molecule is CC(=O)OCCCS(=O)(=O)c1cnc2n1[C@](C)(Cc1ccc(Br)cc1)C(=O)N2c1cc(Cl)cc(Cl)c1. The second kappa shape index (κ2) is 10.2. The van der Waals surface area contributed by atoms with Gasteiger partial charge in [0, 0.05) is 27.9 Å². The Hall–Kier alpha value is -2.40. The van der Waals surface area contributed by atoms with E-state index in [1.165, 1.54) is 22.6 Å². The molecular formula is C24H22BrCl2N3O5S. The number of rotatable bonds is 8. The largest absolute Gasteiger partial charge is 0.466 e. The quantitative estimate of drug-likeness (QED) is 0.252. The number of esters is 1. The summed E-state index contributed by atoms with van der Waals surface area (Å²) in [7, 11) is -3.88. The Kier molecular flexibility index (Phi) is 7.52. The summed E-state index contributed by atoms with van der Waals surface area (Å²) < 4.78 is 33.9. The minimum absolute atomic E-state index is 0.0300. The number of benzene rings is 2. The van der Waals surface area contributed by atoms with E-state index in [0.29, 0.717) is 15.7 Å². The summed E-state index contributed by atoms with van der Waals surface area (Å²) >= 11 is 15.8. The monoisotopic (exact) mass is 613 g/mol. The van der Waals surface area contributed by atoms with Gasteiger partial charge >= 0.3 is 5.97 Å². The van der Waals surface area contributed by atoms with Crippen LogP contribution in [-0.4, -0.2) is 42.2 Å². The number of hydrogen-bond acceptors (Lipinski definition) is 6. The molecule has 4 rings (SSSR count). The molecule has 0 saturated heterocycles. The molecule has 0 saturated carbocycles. The van der Waals surface area contributed by atoms with Gasteiger partial charge < -0.3 is 4.74 Å². The van der Waals surface area contributed by atoms with E-state index in [0.717, 1.165) is 10.0 Å². The third-order valence-corrected chi connectivity index (χ3v) is 8.53. The molecule has 36 heavy (non-hydrogen) atoms. The average Bonchev–Trinajstić information content (AvgIpc) is 3.31. The van der Waals surface area contributed by atoms with Crippen LogP contribution in [0.1, 0.15) is 25.8 Å². The molecule has 2 heterocycles. The van der Waals surface area contributed by atoms with Crippen LogP contribution in [-0.2, 0) is 36.1 Å². The van der Waals surface area contributed by atoms with E-state index in [4.69, 9.17) is 27.9 Å². The molecule has 0 spiro atoms. The highest BCUT2D eigenvalue weighted by Gasteiger charge is 2.51. The molecule has 0 N–H and O–H groups in total. The van der Waals surface area contributed by atoms with Crippen LogP contribution in [0.25, 0.3) is 0 Å². The minimum Gasteiger partial charge on any atom is -0.466 e. The van der Waals surface area contributed by atoms with Crippen molar-refractivity contribution in [2.45, 2.75) is 37.3 Å². The number of halogens is 3. The van der Waals surface area contributed by atoms with Gasteiger partial charge in [0.25, 0.3) is 5.91 Å². The topological polar surface area (TPSA) is 98.6 Å². The number of nitrogens with zero attached hydrogens (tertiary/aromatic N) is 3. The Morgan fingerprint density at radius 3 is 2.39 bits per heavy atom. The number of imidazole rings is 1. The van der Waals surface area contributed by atoms with Crippen LogP contribution in [0.15, 0.2) is 58.2 Å². The van der Waals surface area contributed by atoms with Gasteiger partial charge in [0.1, 0.15) is 5.54 Å². The fraction of sp³-hybridized carbons (Fsp3) is 0.292.